The highest BCUT2D eigenvalue weighted by Crippen LogP contribution is 2.11. The summed E-state index contributed by atoms with van der Waals surface area (Å²) >= 11 is 0. The lowest BCUT2D eigenvalue weighted by molar-refractivity contribution is 0.0984. The molecule has 2 aromatic heterocycles. The van der Waals surface area contributed by atoms with Gasteiger partial charge >= 0.3 is 0 Å². The highest BCUT2D eigenvalue weighted by molar-refractivity contribution is 5.96. The number of nitrogens with zero attached hydrogens (tertiary/aromatic N) is 5. The fourth-order valence-electron chi connectivity index (χ4n) is 2.16. The lowest BCUT2D eigenvalue weighted by atomic mass is 10.2. The number of rotatable bonds is 4. The molecule has 3 aromatic rings. The first-order chi connectivity index (χ1) is 10.1. The maximum atomic E-state index is 12.3. The molecule has 0 saturated heterocycles. The van der Waals surface area contributed by atoms with Gasteiger partial charge in [-0.1, -0.05) is 12.1 Å². The van der Waals surface area contributed by atoms with Crippen LogP contribution in [0.2, 0.25) is 0 Å². The van der Waals surface area contributed by atoms with Crippen LogP contribution in [0.15, 0.2) is 36.8 Å². The van der Waals surface area contributed by atoms with E-state index in [2.05, 4.69) is 20.1 Å². The lowest BCUT2D eigenvalue weighted by Gasteiger charge is -2.08. The molecule has 3 rings (SSSR count). The molecule has 0 unspecified atom stereocenters. The number of fused-ring (bicyclic) bond motifs is 1. The average molecular weight is 281 g/mol. The zero-order chi connectivity index (χ0) is 14.8. The van der Waals surface area contributed by atoms with Gasteiger partial charge in [0.2, 0.25) is 0 Å². The molecule has 0 bridgehead atoms. The van der Waals surface area contributed by atoms with Gasteiger partial charge in [-0.05, 0) is 26.0 Å². The van der Waals surface area contributed by atoms with Crippen molar-refractivity contribution in [1.29, 1.82) is 0 Å². The number of carbonyl (C=O) groups excluding carboxylic acids is 1. The van der Waals surface area contributed by atoms with Crippen LogP contribution in [0.1, 0.15) is 36.2 Å². The number of Topliss-reactive ketones (excluding diaryl/α,β-unsaturated/α-hetero) is 1. The van der Waals surface area contributed by atoms with E-state index in [4.69, 9.17) is 0 Å². The smallest absolute Gasteiger partial charge is 0.190 e. The quantitative estimate of drug-likeness (QED) is 0.686. The SMILES string of the molecule is CC(C)n1ncnc1CC(=O)c1cnc2ccccc2n1. The van der Waals surface area contributed by atoms with Crippen LogP contribution in [-0.2, 0) is 6.42 Å². The maximum absolute atomic E-state index is 12.3. The van der Waals surface area contributed by atoms with E-state index in [1.165, 1.54) is 12.5 Å². The lowest BCUT2D eigenvalue weighted by Crippen LogP contribution is -2.14. The van der Waals surface area contributed by atoms with Crippen molar-refractivity contribution in [1.82, 2.24) is 24.7 Å². The summed E-state index contributed by atoms with van der Waals surface area (Å²) in [5, 5.41) is 4.13. The first-order valence-electron chi connectivity index (χ1n) is 6.78. The molecule has 0 aliphatic rings. The number of para-hydroxylation sites is 2. The monoisotopic (exact) mass is 281 g/mol. The number of aromatic nitrogens is 5. The van der Waals surface area contributed by atoms with Gasteiger partial charge in [-0.3, -0.25) is 9.78 Å². The van der Waals surface area contributed by atoms with Gasteiger partial charge in [0.15, 0.2) is 5.78 Å². The Hall–Kier alpha value is -2.63. The molecule has 0 aliphatic heterocycles. The number of hydrogen-bond donors (Lipinski definition) is 0. The molecule has 0 fully saturated rings. The van der Waals surface area contributed by atoms with Gasteiger partial charge in [-0.25, -0.2) is 14.6 Å². The zero-order valence-corrected chi connectivity index (χ0v) is 11.9. The highest BCUT2D eigenvalue weighted by atomic mass is 16.1. The van der Waals surface area contributed by atoms with E-state index in [1.54, 1.807) is 4.68 Å². The van der Waals surface area contributed by atoms with E-state index < -0.39 is 0 Å². The minimum absolute atomic E-state index is 0.108. The van der Waals surface area contributed by atoms with Gasteiger partial charge in [0.25, 0.3) is 0 Å². The fourth-order valence-corrected chi connectivity index (χ4v) is 2.16. The fraction of sp³-hybridized carbons (Fsp3) is 0.267. The van der Waals surface area contributed by atoms with Gasteiger partial charge in [-0.15, -0.1) is 0 Å². The van der Waals surface area contributed by atoms with Crippen molar-refractivity contribution in [3.8, 4) is 0 Å². The summed E-state index contributed by atoms with van der Waals surface area (Å²) < 4.78 is 1.74. The van der Waals surface area contributed by atoms with E-state index >= 15 is 0 Å². The molecule has 6 heteroatoms. The van der Waals surface area contributed by atoms with Crippen LogP contribution in [-0.4, -0.2) is 30.5 Å². The number of hydrogen-bond acceptors (Lipinski definition) is 5. The Morgan fingerprint density at radius 1 is 1.19 bits per heavy atom. The van der Waals surface area contributed by atoms with Crippen molar-refractivity contribution in [3.63, 3.8) is 0 Å². The third-order valence-electron chi connectivity index (χ3n) is 3.19. The summed E-state index contributed by atoms with van der Waals surface area (Å²) in [6, 6.07) is 7.64. The molecule has 106 valence electrons. The van der Waals surface area contributed by atoms with Crippen LogP contribution in [0.5, 0.6) is 0 Å². The average Bonchev–Trinajstić information content (AvgIpc) is 2.95. The number of benzene rings is 1. The van der Waals surface area contributed by atoms with E-state index in [0.717, 1.165) is 5.52 Å². The molecule has 0 atom stereocenters. The summed E-state index contributed by atoms with van der Waals surface area (Å²) in [7, 11) is 0. The molecule has 6 nitrogen and oxygen atoms in total. The topological polar surface area (TPSA) is 73.6 Å². The molecule has 0 N–H and O–H groups in total. The summed E-state index contributed by atoms with van der Waals surface area (Å²) in [6.45, 7) is 4.00. The zero-order valence-electron chi connectivity index (χ0n) is 11.9. The third kappa shape index (κ3) is 2.65. The second-order valence-corrected chi connectivity index (χ2v) is 5.06. The largest absolute Gasteiger partial charge is 0.292 e. The summed E-state index contributed by atoms with van der Waals surface area (Å²) in [6.07, 6.45) is 3.15. The molecule has 21 heavy (non-hydrogen) atoms. The first-order valence-corrected chi connectivity index (χ1v) is 6.78. The molecular weight excluding hydrogens is 266 g/mol. The normalized spacial score (nSPS) is 11.2. The maximum Gasteiger partial charge on any atom is 0.190 e. The minimum Gasteiger partial charge on any atom is -0.292 e. The second kappa shape index (κ2) is 5.40. The van der Waals surface area contributed by atoms with Crippen molar-refractivity contribution in [3.05, 3.63) is 48.3 Å². The third-order valence-corrected chi connectivity index (χ3v) is 3.19. The van der Waals surface area contributed by atoms with Crippen LogP contribution in [0.25, 0.3) is 11.0 Å². The predicted octanol–water partition coefficient (Wildman–Crippen LogP) is 2.23. The Labute approximate surface area is 121 Å². The van der Waals surface area contributed by atoms with E-state index in [1.807, 2.05) is 38.1 Å². The summed E-state index contributed by atoms with van der Waals surface area (Å²) in [4.78, 5) is 25.1. The molecule has 0 radical (unpaired) electrons. The Kier molecular flexibility index (Phi) is 3.43. The van der Waals surface area contributed by atoms with Crippen LogP contribution >= 0.6 is 0 Å². The number of ketones is 1. The van der Waals surface area contributed by atoms with Crippen LogP contribution in [0.4, 0.5) is 0 Å². The molecular formula is C15H15N5O. The van der Waals surface area contributed by atoms with Crippen molar-refractivity contribution >= 4 is 16.8 Å². The van der Waals surface area contributed by atoms with E-state index in [0.29, 0.717) is 17.0 Å². The van der Waals surface area contributed by atoms with Gasteiger partial charge in [-0.2, -0.15) is 5.10 Å². The Morgan fingerprint density at radius 3 is 2.71 bits per heavy atom. The Balaban J connectivity index is 1.88. The highest BCUT2D eigenvalue weighted by Gasteiger charge is 2.15. The van der Waals surface area contributed by atoms with Crippen LogP contribution in [0, 0.1) is 0 Å². The van der Waals surface area contributed by atoms with Crippen LogP contribution < -0.4 is 0 Å². The van der Waals surface area contributed by atoms with Gasteiger partial charge < -0.3 is 0 Å². The van der Waals surface area contributed by atoms with E-state index in [9.17, 15) is 4.79 Å². The van der Waals surface area contributed by atoms with Crippen molar-refractivity contribution in [2.75, 3.05) is 0 Å². The van der Waals surface area contributed by atoms with Crippen molar-refractivity contribution in [2.24, 2.45) is 0 Å². The standard InChI is InChI=1S/C15H15N5O/c1-10(2)20-15(17-9-18-20)7-14(21)13-8-16-11-5-3-4-6-12(11)19-13/h3-6,8-10H,7H2,1-2H3. The van der Waals surface area contributed by atoms with Gasteiger partial charge in [0.05, 0.1) is 23.7 Å². The van der Waals surface area contributed by atoms with Crippen molar-refractivity contribution < 1.29 is 4.79 Å². The second-order valence-electron chi connectivity index (χ2n) is 5.06. The van der Waals surface area contributed by atoms with Crippen LogP contribution in [0.3, 0.4) is 0 Å². The molecule has 0 saturated carbocycles. The molecule has 0 amide bonds. The summed E-state index contributed by atoms with van der Waals surface area (Å²) in [5.74, 6) is 0.535. The molecule has 2 heterocycles. The minimum atomic E-state index is -0.108. The van der Waals surface area contributed by atoms with Gasteiger partial charge in [0, 0.05) is 6.04 Å². The Morgan fingerprint density at radius 2 is 1.95 bits per heavy atom. The summed E-state index contributed by atoms with van der Waals surface area (Å²) in [5.41, 5.74) is 1.85. The van der Waals surface area contributed by atoms with Crippen molar-refractivity contribution in [2.45, 2.75) is 26.3 Å². The molecule has 0 spiro atoms. The van der Waals surface area contributed by atoms with Gasteiger partial charge in [0.1, 0.15) is 17.8 Å². The Bertz CT molecular complexity index is 793. The predicted molar refractivity (Wildman–Crippen MR) is 78.0 cm³/mol. The van der Waals surface area contributed by atoms with E-state index in [-0.39, 0.29) is 18.2 Å². The number of carbonyl (C=O) groups is 1. The molecule has 0 aliphatic carbocycles. The first kappa shape index (κ1) is 13.4. The molecule has 1 aromatic carbocycles.